The summed E-state index contributed by atoms with van der Waals surface area (Å²) in [6, 6.07) is 0. The monoisotopic (exact) mass is 840 g/mol. The molecule has 3 aliphatic heterocycles. The van der Waals surface area contributed by atoms with E-state index in [1.54, 1.807) is 42.7 Å². The molecule has 2 saturated carbocycles. The summed E-state index contributed by atoms with van der Waals surface area (Å²) in [5.74, 6) is 2.20. The van der Waals surface area contributed by atoms with Crippen LogP contribution >= 0.6 is 0 Å². The molecule has 1 N–H and O–H groups in total. The number of carbonyl (C=O) groups excluding carboxylic acids is 2. The third-order valence-corrected chi connectivity index (χ3v) is 13.8. The minimum Gasteiger partial charge on any atom is -0.381 e. The molecule has 62 heavy (non-hydrogen) atoms. The number of hydrogen-bond acceptors (Lipinski definition) is 4. The second-order valence-electron chi connectivity index (χ2n) is 18.1. The number of likely N-dealkylation sites (tertiary alicyclic amines) is 1. The van der Waals surface area contributed by atoms with E-state index in [4.69, 9.17) is 9.73 Å². The Bertz CT molecular complexity index is 1820. The van der Waals surface area contributed by atoms with Crippen LogP contribution < -0.4 is 5.32 Å². The van der Waals surface area contributed by atoms with Gasteiger partial charge in [-0.2, -0.15) is 0 Å². The minimum atomic E-state index is -0.291. The lowest BCUT2D eigenvalue weighted by molar-refractivity contribution is -0.124. The zero-order valence-corrected chi connectivity index (χ0v) is 38.4. The third-order valence-electron chi connectivity index (χ3n) is 13.8. The molecule has 1 spiro atoms. The topological polar surface area (TPSA) is 74.2 Å². The molecule has 2 aliphatic carbocycles. The van der Waals surface area contributed by atoms with Crippen molar-refractivity contribution >= 4 is 24.9 Å². The first kappa shape index (κ1) is 48.6. The SMILES string of the molecule is C=C/C=C1/C=C(C2CCCCCC([B]C3CCCCCCC3)CCC2)CCN(C(=O)/C(C=C)=C/C=C(\C=C)NC(=O)C(=C/C)/C(=N/C=C\C)N2CC3(CCOCC3)C2)/C1=C/C=C. The van der Waals surface area contributed by atoms with Crippen molar-refractivity contribution < 1.29 is 14.3 Å². The van der Waals surface area contributed by atoms with Gasteiger partial charge in [0.1, 0.15) is 13.1 Å². The van der Waals surface area contributed by atoms with Crippen LogP contribution in [0.5, 0.6) is 0 Å². The number of aliphatic imine (C=N–C) groups is 1. The van der Waals surface area contributed by atoms with Crippen LogP contribution in [0.2, 0.25) is 11.6 Å². The van der Waals surface area contributed by atoms with E-state index in [-0.39, 0.29) is 17.2 Å². The summed E-state index contributed by atoms with van der Waals surface area (Å²) in [7, 11) is 2.78. The van der Waals surface area contributed by atoms with E-state index >= 15 is 0 Å². The fourth-order valence-electron chi connectivity index (χ4n) is 10.3. The molecule has 8 heteroatoms. The molecule has 0 aromatic heterocycles. The highest BCUT2D eigenvalue weighted by Crippen LogP contribution is 2.41. The number of rotatable bonds is 13. The number of amides is 2. The number of nitrogens with zero attached hydrogens (tertiary/aromatic N) is 3. The summed E-state index contributed by atoms with van der Waals surface area (Å²) < 4.78 is 5.62. The number of ether oxygens (including phenoxy) is 1. The van der Waals surface area contributed by atoms with Crippen LogP contribution in [0.15, 0.2) is 138 Å². The van der Waals surface area contributed by atoms with Crippen molar-refractivity contribution in [1.29, 1.82) is 0 Å². The number of hydrogen-bond donors (Lipinski definition) is 1. The molecule has 5 rings (SSSR count). The van der Waals surface area contributed by atoms with Gasteiger partial charge in [-0.05, 0) is 81.7 Å². The molecule has 7 nitrogen and oxygen atoms in total. The minimum absolute atomic E-state index is 0.169. The van der Waals surface area contributed by atoms with E-state index in [1.165, 1.54) is 102 Å². The van der Waals surface area contributed by atoms with E-state index in [2.05, 4.69) is 49.9 Å². The maximum Gasteiger partial charge on any atom is 0.259 e. The van der Waals surface area contributed by atoms with Gasteiger partial charge in [0.25, 0.3) is 11.8 Å². The van der Waals surface area contributed by atoms with Gasteiger partial charge in [0.15, 0.2) is 0 Å². The van der Waals surface area contributed by atoms with Gasteiger partial charge in [-0.3, -0.25) is 9.59 Å². The second-order valence-corrected chi connectivity index (χ2v) is 18.1. The first-order chi connectivity index (χ1) is 30.3. The van der Waals surface area contributed by atoms with Crippen molar-refractivity contribution in [3.8, 4) is 0 Å². The van der Waals surface area contributed by atoms with E-state index in [0.29, 0.717) is 35.1 Å². The molecule has 5 aliphatic rings. The number of allylic oxidation sites excluding steroid dienone is 10. The Morgan fingerprint density at radius 1 is 0.823 bits per heavy atom. The highest BCUT2D eigenvalue weighted by atomic mass is 16.5. The average Bonchev–Trinajstić information content (AvgIpc) is 3.43. The average molecular weight is 840 g/mol. The van der Waals surface area contributed by atoms with E-state index in [9.17, 15) is 9.59 Å². The first-order valence-electron chi connectivity index (χ1n) is 24.0. The lowest BCUT2D eigenvalue weighted by Crippen LogP contribution is -2.61. The van der Waals surface area contributed by atoms with Crippen LogP contribution in [-0.4, -0.2) is 67.6 Å². The molecular formula is C54H76BN4O3. The van der Waals surface area contributed by atoms with Gasteiger partial charge < -0.3 is 19.9 Å². The maximum atomic E-state index is 14.6. The number of nitrogens with one attached hydrogen (secondary N) is 1. The Balaban J connectivity index is 1.29. The largest absolute Gasteiger partial charge is 0.381 e. The van der Waals surface area contributed by atoms with Gasteiger partial charge in [0.2, 0.25) is 0 Å². The van der Waals surface area contributed by atoms with Gasteiger partial charge in [0.05, 0.1) is 11.3 Å². The Morgan fingerprint density at radius 3 is 2.08 bits per heavy atom. The van der Waals surface area contributed by atoms with Crippen molar-refractivity contribution in [3.05, 3.63) is 133 Å². The highest BCUT2D eigenvalue weighted by Gasteiger charge is 2.46. The van der Waals surface area contributed by atoms with Gasteiger partial charge in [0, 0.05) is 55.7 Å². The second kappa shape index (κ2) is 25.6. The quantitative estimate of drug-likeness (QED) is 0.0659. The molecule has 2 saturated heterocycles. The Labute approximate surface area is 376 Å². The lowest BCUT2D eigenvalue weighted by atomic mass is 9.50. The van der Waals surface area contributed by atoms with Crippen molar-refractivity contribution in [3.63, 3.8) is 0 Å². The first-order valence-corrected chi connectivity index (χ1v) is 24.0. The molecule has 4 fully saturated rings. The van der Waals surface area contributed by atoms with Crippen LogP contribution in [0.1, 0.15) is 129 Å². The molecule has 1 radical (unpaired) electrons. The van der Waals surface area contributed by atoms with Gasteiger partial charge in [-0.25, -0.2) is 4.99 Å². The zero-order valence-electron chi connectivity index (χ0n) is 38.4. The van der Waals surface area contributed by atoms with Crippen molar-refractivity contribution in [2.75, 3.05) is 32.8 Å². The van der Waals surface area contributed by atoms with Crippen LogP contribution in [0, 0.1) is 11.3 Å². The summed E-state index contributed by atoms with van der Waals surface area (Å²) in [6.45, 7) is 23.6. The fraction of sp³-hybridized carbons (Fsp3) is 0.537. The van der Waals surface area contributed by atoms with Crippen molar-refractivity contribution in [1.82, 2.24) is 15.1 Å². The van der Waals surface area contributed by atoms with E-state index < -0.39 is 0 Å². The Morgan fingerprint density at radius 2 is 1.45 bits per heavy atom. The summed E-state index contributed by atoms with van der Waals surface area (Å²) >= 11 is 0. The van der Waals surface area contributed by atoms with E-state index in [0.717, 1.165) is 68.5 Å². The number of carbonyl (C=O) groups is 2. The van der Waals surface area contributed by atoms with Crippen LogP contribution in [-0.2, 0) is 14.3 Å². The van der Waals surface area contributed by atoms with Gasteiger partial charge in [-0.1, -0.05) is 170 Å². The number of amidine groups is 1. The lowest BCUT2D eigenvalue weighted by Gasteiger charge is -2.53. The molecule has 0 bridgehead atoms. The maximum absolute atomic E-state index is 14.6. The van der Waals surface area contributed by atoms with Crippen LogP contribution in [0.25, 0.3) is 0 Å². The highest BCUT2D eigenvalue weighted by molar-refractivity contribution is 6.39. The zero-order chi connectivity index (χ0) is 44.2. The molecule has 3 heterocycles. The standard InChI is InChI=1S/C54H76BN4O3/c1-7-22-45-39-44(43-24-17-16-20-28-47(29-21-25-43)55-46-26-18-14-13-15-19-27-46)32-36-59(50(45)23-8-2)53(61)42(10-4)30-31-48(11-5)57-52(60)49(12-6)51(56-35-9-3)58-40-54(41-58)33-37-62-38-34-54/h7-12,22-23,30-31,35,39,43,46-47H,1-2,4-5,13-21,24-29,32-34,36-38,40-41H2,3,6H3,(H,57,60)/b35-9-,42-30+,45-22-,48-31+,49-12+,50-23+,56-51-. The van der Waals surface area contributed by atoms with Crippen LogP contribution in [0.4, 0.5) is 0 Å². The normalized spacial score (nSPS) is 25.5. The van der Waals surface area contributed by atoms with Gasteiger partial charge >= 0.3 is 0 Å². The van der Waals surface area contributed by atoms with Crippen molar-refractivity contribution in [2.45, 2.75) is 141 Å². The Kier molecular flexibility index (Phi) is 20.1. The third kappa shape index (κ3) is 13.8. The molecule has 0 aromatic rings. The predicted molar refractivity (Wildman–Crippen MR) is 262 cm³/mol. The summed E-state index contributed by atoms with van der Waals surface area (Å²) in [5.41, 5.74) is 4.74. The van der Waals surface area contributed by atoms with E-state index in [1.807, 2.05) is 43.1 Å². The fourth-order valence-corrected chi connectivity index (χ4v) is 10.3. The predicted octanol–water partition coefficient (Wildman–Crippen LogP) is 12.4. The smallest absolute Gasteiger partial charge is 0.259 e. The summed E-state index contributed by atoms with van der Waals surface area (Å²) in [5, 5.41) is 3.02. The molecule has 333 valence electrons. The molecule has 2 unspecified atom stereocenters. The molecule has 2 amide bonds. The van der Waals surface area contributed by atoms with Crippen LogP contribution in [0.3, 0.4) is 0 Å². The van der Waals surface area contributed by atoms with Crippen molar-refractivity contribution in [2.24, 2.45) is 16.3 Å². The Hall–Kier alpha value is -4.43. The summed E-state index contributed by atoms with van der Waals surface area (Å²) in [6.07, 6.45) is 44.5. The molecular weight excluding hydrogens is 763 g/mol. The molecule has 2 atom stereocenters. The van der Waals surface area contributed by atoms with Gasteiger partial charge in [-0.15, -0.1) is 0 Å². The summed E-state index contributed by atoms with van der Waals surface area (Å²) in [4.78, 5) is 37.2. The molecule has 0 aromatic carbocycles.